The molecule has 0 amide bonds. The van der Waals surface area contributed by atoms with Crippen molar-refractivity contribution in [1.82, 2.24) is 15.2 Å². The van der Waals surface area contributed by atoms with Gasteiger partial charge in [0.15, 0.2) is 0 Å². The van der Waals surface area contributed by atoms with Crippen LogP contribution in [-0.4, -0.2) is 20.6 Å². The van der Waals surface area contributed by atoms with Crippen LogP contribution in [0.1, 0.15) is 16.8 Å². The average Bonchev–Trinajstić information content (AvgIpc) is 2.94. The second kappa shape index (κ2) is 6.69. The SMILES string of the molecule is CNCc1cc(Br)c(C)c(S(=O)(=O)NCc2ccon2)c1. The van der Waals surface area contributed by atoms with Gasteiger partial charge in [-0.3, -0.25) is 0 Å². The summed E-state index contributed by atoms with van der Waals surface area (Å²) in [6.45, 7) is 2.44. The fourth-order valence-electron chi connectivity index (χ4n) is 1.87. The molecule has 1 aromatic carbocycles. The molecule has 0 aliphatic carbocycles. The van der Waals surface area contributed by atoms with E-state index < -0.39 is 10.0 Å². The molecule has 21 heavy (non-hydrogen) atoms. The van der Waals surface area contributed by atoms with Gasteiger partial charge in [0.25, 0.3) is 0 Å². The highest BCUT2D eigenvalue weighted by Crippen LogP contribution is 2.26. The van der Waals surface area contributed by atoms with Crippen molar-refractivity contribution in [3.05, 3.63) is 45.8 Å². The summed E-state index contributed by atoms with van der Waals surface area (Å²) in [6.07, 6.45) is 1.40. The summed E-state index contributed by atoms with van der Waals surface area (Å²) in [5.41, 5.74) is 2.08. The van der Waals surface area contributed by atoms with E-state index in [-0.39, 0.29) is 11.4 Å². The molecule has 8 heteroatoms. The van der Waals surface area contributed by atoms with Gasteiger partial charge >= 0.3 is 0 Å². The minimum absolute atomic E-state index is 0.0894. The molecule has 0 aliphatic heterocycles. The van der Waals surface area contributed by atoms with E-state index in [1.165, 1.54) is 6.26 Å². The van der Waals surface area contributed by atoms with Crippen molar-refractivity contribution in [3.63, 3.8) is 0 Å². The number of halogens is 1. The molecule has 0 spiro atoms. The zero-order valence-electron chi connectivity index (χ0n) is 11.7. The lowest BCUT2D eigenvalue weighted by Crippen LogP contribution is -2.24. The molecule has 0 atom stereocenters. The normalized spacial score (nSPS) is 11.8. The predicted molar refractivity (Wildman–Crippen MR) is 82.2 cm³/mol. The summed E-state index contributed by atoms with van der Waals surface area (Å²) < 4.78 is 32.9. The monoisotopic (exact) mass is 373 g/mol. The number of nitrogens with one attached hydrogen (secondary N) is 2. The number of aromatic nitrogens is 1. The van der Waals surface area contributed by atoms with Gasteiger partial charge in [0.2, 0.25) is 10.0 Å². The second-order valence-corrected chi connectivity index (χ2v) is 7.14. The van der Waals surface area contributed by atoms with Gasteiger partial charge in [0.1, 0.15) is 6.26 Å². The lowest BCUT2D eigenvalue weighted by atomic mass is 10.1. The Kier molecular flexibility index (Phi) is 5.15. The first-order chi connectivity index (χ1) is 9.94. The number of benzene rings is 1. The quantitative estimate of drug-likeness (QED) is 0.808. The summed E-state index contributed by atoms with van der Waals surface area (Å²) in [7, 11) is -1.81. The van der Waals surface area contributed by atoms with Crippen molar-refractivity contribution in [2.75, 3.05) is 7.05 Å². The van der Waals surface area contributed by atoms with Gasteiger partial charge in [-0.25, -0.2) is 13.1 Å². The number of sulfonamides is 1. The maximum atomic E-state index is 12.4. The fourth-order valence-corrected chi connectivity index (χ4v) is 3.82. The van der Waals surface area contributed by atoms with Crippen molar-refractivity contribution in [1.29, 1.82) is 0 Å². The Hall–Kier alpha value is -1.22. The third-order valence-corrected chi connectivity index (χ3v) is 5.31. The molecule has 1 heterocycles. The van der Waals surface area contributed by atoms with Gasteiger partial charge in [-0.15, -0.1) is 0 Å². The smallest absolute Gasteiger partial charge is 0.241 e. The van der Waals surface area contributed by atoms with Crippen LogP contribution in [-0.2, 0) is 23.1 Å². The summed E-state index contributed by atoms with van der Waals surface area (Å²) in [5, 5.41) is 6.68. The van der Waals surface area contributed by atoms with Crippen LogP contribution in [0, 0.1) is 6.92 Å². The minimum atomic E-state index is -3.62. The van der Waals surface area contributed by atoms with Crippen LogP contribution in [0.4, 0.5) is 0 Å². The summed E-state index contributed by atoms with van der Waals surface area (Å²) in [5.74, 6) is 0. The fraction of sp³-hybridized carbons (Fsp3) is 0.308. The van der Waals surface area contributed by atoms with Crippen LogP contribution < -0.4 is 10.0 Å². The van der Waals surface area contributed by atoms with Gasteiger partial charge < -0.3 is 9.84 Å². The van der Waals surface area contributed by atoms with Gasteiger partial charge in [-0.1, -0.05) is 21.1 Å². The second-order valence-electron chi connectivity index (χ2n) is 4.55. The van der Waals surface area contributed by atoms with Crippen LogP contribution in [0.25, 0.3) is 0 Å². The Morgan fingerprint density at radius 1 is 1.33 bits per heavy atom. The summed E-state index contributed by atoms with van der Waals surface area (Å²) in [4.78, 5) is 0.255. The predicted octanol–water partition coefficient (Wildman–Crippen LogP) is 1.94. The highest BCUT2D eigenvalue weighted by molar-refractivity contribution is 9.10. The van der Waals surface area contributed by atoms with Crippen LogP contribution in [0.15, 0.2) is 38.4 Å². The molecular formula is C13H16BrN3O3S. The van der Waals surface area contributed by atoms with E-state index in [1.54, 1.807) is 19.1 Å². The number of hydrogen-bond donors (Lipinski definition) is 2. The van der Waals surface area contributed by atoms with Gasteiger partial charge in [0.05, 0.1) is 17.1 Å². The number of rotatable bonds is 6. The molecular weight excluding hydrogens is 358 g/mol. The van der Waals surface area contributed by atoms with Gasteiger partial charge in [-0.2, -0.15) is 0 Å². The third kappa shape index (κ3) is 3.91. The van der Waals surface area contributed by atoms with Crippen LogP contribution in [0.3, 0.4) is 0 Å². The molecule has 0 fully saturated rings. The lowest BCUT2D eigenvalue weighted by molar-refractivity contribution is 0.411. The highest BCUT2D eigenvalue weighted by Gasteiger charge is 2.19. The standard InChI is InChI=1S/C13H16BrN3O3S/c1-9-12(14)5-10(7-15-2)6-13(9)21(18,19)16-8-11-3-4-20-17-11/h3-6,15-16H,7-8H2,1-2H3. The average molecular weight is 374 g/mol. The molecule has 0 radical (unpaired) electrons. The summed E-state index contributed by atoms with van der Waals surface area (Å²) >= 11 is 3.40. The minimum Gasteiger partial charge on any atom is -0.364 e. The molecule has 1 aromatic heterocycles. The molecule has 0 bridgehead atoms. The lowest BCUT2D eigenvalue weighted by Gasteiger charge is -2.12. The van der Waals surface area contributed by atoms with E-state index in [2.05, 4.69) is 35.6 Å². The first-order valence-corrected chi connectivity index (χ1v) is 8.54. The van der Waals surface area contributed by atoms with Crippen molar-refractivity contribution in [2.45, 2.75) is 24.9 Å². The van der Waals surface area contributed by atoms with Crippen LogP contribution in [0.5, 0.6) is 0 Å². The highest BCUT2D eigenvalue weighted by atomic mass is 79.9. The van der Waals surface area contributed by atoms with E-state index in [0.717, 1.165) is 10.0 Å². The van der Waals surface area contributed by atoms with E-state index in [4.69, 9.17) is 0 Å². The van der Waals surface area contributed by atoms with Crippen molar-refractivity contribution >= 4 is 26.0 Å². The maximum absolute atomic E-state index is 12.4. The molecule has 0 aliphatic rings. The van der Waals surface area contributed by atoms with E-state index in [0.29, 0.717) is 17.8 Å². The summed E-state index contributed by atoms with van der Waals surface area (Å²) in [6, 6.07) is 5.19. The number of hydrogen-bond acceptors (Lipinski definition) is 5. The molecule has 0 saturated carbocycles. The Morgan fingerprint density at radius 2 is 2.10 bits per heavy atom. The zero-order valence-corrected chi connectivity index (χ0v) is 14.1. The Labute approximate surface area is 132 Å². The Morgan fingerprint density at radius 3 is 2.71 bits per heavy atom. The molecule has 2 aromatic rings. The van der Waals surface area contributed by atoms with Gasteiger partial charge in [0, 0.05) is 17.1 Å². The van der Waals surface area contributed by atoms with E-state index in [1.807, 2.05) is 13.1 Å². The molecule has 2 N–H and O–H groups in total. The topological polar surface area (TPSA) is 84.2 Å². The van der Waals surface area contributed by atoms with Crippen molar-refractivity contribution in [2.24, 2.45) is 0 Å². The Balaban J connectivity index is 2.30. The molecule has 0 unspecified atom stereocenters. The molecule has 0 saturated heterocycles. The largest absolute Gasteiger partial charge is 0.364 e. The van der Waals surface area contributed by atoms with E-state index >= 15 is 0 Å². The molecule has 114 valence electrons. The van der Waals surface area contributed by atoms with Crippen molar-refractivity contribution in [3.8, 4) is 0 Å². The van der Waals surface area contributed by atoms with Crippen LogP contribution >= 0.6 is 15.9 Å². The molecule has 2 rings (SSSR count). The van der Waals surface area contributed by atoms with Crippen LogP contribution in [0.2, 0.25) is 0 Å². The first-order valence-electron chi connectivity index (χ1n) is 6.26. The third-order valence-electron chi connectivity index (χ3n) is 2.96. The number of nitrogens with zero attached hydrogens (tertiary/aromatic N) is 1. The Bertz CT molecular complexity index is 715. The zero-order chi connectivity index (χ0) is 15.5. The maximum Gasteiger partial charge on any atom is 0.241 e. The van der Waals surface area contributed by atoms with E-state index in [9.17, 15) is 8.42 Å². The van der Waals surface area contributed by atoms with Gasteiger partial charge in [-0.05, 0) is 37.2 Å². The first kappa shape index (κ1) is 16.2. The molecule has 6 nitrogen and oxygen atoms in total. The van der Waals surface area contributed by atoms with Crippen molar-refractivity contribution < 1.29 is 12.9 Å².